The highest BCUT2D eigenvalue weighted by Crippen LogP contribution is 2.28. The molecule has 0 bridgehead atoms. The molecule has 3 heterocycles. The van der Waals surface area contributed by atoms with E-state index in [1.54, 1.807) is 0 Å². The van der Waals surface area contributed by atoms with Gasteiger partial charge in [0.1, 0.15) is 5.82 Å². The van der Waals surface area contributed by atoms with Gasteiger partial charge in [-0.25, -0.2) is 4.98 Å². The van der Waals surface area contributed by atoms with Crippen LogP contribution in [0.4, 0.5) is 5.69 Å². The van der Waals surface area contributed by atoms with Crippen molar-refractivity contribution < 1.29 is 0 Å². The Morgan fingerprint density at radius 3 is 2.79 bits per heavy atom. The summed E-state index contributed by atoms with van der Waals surface area (Å²) < 4.78 is 2.15. The largest absolute Gasteiger partial charge is 0.372 e. The lowest BCUT2D eigenvalue weighted by atomic mass is 10.0. The molecule has 24 heavy (non-hydrogen) atoms. The summed E-state index contributed by atoms with van der Waals surface area (Å²) in [5.74, 6) is 0.911. The molecule has 4 rings (SSSR count). The van der Waals surface area contributed by atoms with E-state index in [4.69, 9.17) is 0 Å². The number of rotatable bonds is 1. The number of nitrogens with zero attached hydrogens (tertiary/aromatic N) is 3. The van der Waals surface area contributed by atoms with E-state index in [0.29, 0.717) is 0 Å². The molecule has 0 unspecified atom stereocenters. The maximum atomic E-state index is 4.50. The van der Waals surface area contributed by atoms with E-state index in [2.05, 4.69) is 51.4 Å². The van der Waals surface area contributed by atoms with Crippen molar-refractivity contribution in [1.29, 1.82) is 0 Å². The van der Waals surface area contributed by atoms with Gasteiger partial charge in [0.05, 0.1) is 5.69 Å². The molecule has 0 radical (unpaired) electrons. The molecule has 3 heteroatoms. The van der Waals surface area contributed by atoms with E-state index in [1.165, 1.54) is 49.3 Å². The molecule has 1 aromatic carbocycles. The number of hydrogen-bond donors (Lipinski definition) is 0. The highest BCUT2D eigenvalue weighted by Gasteiger charge is 2.15. The molecular formula is C21H23N3. The van der Waals surface area contributed by atoms with Gasteiger partial charge < -0.3 is 4.90 Å². The third kappa shape index (κ3) is 2.82. The number of anilines is 1. The fraction of sp³-hybridized carbons (Fsp3) is 0.286. The van der Waals surface area contributed by atoms with Crippen molar-refractivity contribution >= 4 is 11.3 Å². The summed E-state index contributed by atoms with van der Waals surface area (Å²) >= 11 is 0. The van der Waals surface area contributed by atoms with E-state index in [-0.39, 0.29) is 0 Å². The molecule has 0 atom stereocenters. The van der Waals surface area contributed by atoms with E-state index < -0.39 is 0 Å². The van der Waals surface area contributed by atoms with Crippen LogP contribution in [0.5, 0.6) is 0 Å². The number of imidazole rings is 1. The fourth-order valence-electron chi connectivity index (χ4n) is 3.57. The zero-order valence-electron chi connectivity index (χ0n) is 14.0. The normalized spacial score (nSPS) is 20.2. The third-order valence-electron chi connectivity index (χ3n) is 4.85. The van der Waals surface area contributed by atoms with Gasteiger partial charge in [-0.3, -0.25) is 4.57 Å². The SMILES string of the molecule is C=C1/C=C\C=C/Cc2cc(N3CCCCC3)ccc2-n2ccnc21. The highest BCUT2D eigenvalue weighted by atomic mass is 15.1. The smallest absolute Gasteiger partial charge is 0.143 e. The zero-order valence-corrected chi connectivity index (χ0v) is 14.0. The molecule has 1 aromatic heterocycles. The Balaban J connectivity index is 1.79. The molecular weight excluding hydrogens is 294 g/mol. The molecule has 1 saturated heterocycles. The fourth-order valence-corrected chi connectivity index (χ4v) is 3.57. The Hall–Kier alpha value is -2.55. The molecule has 3 nitrogen and oxygen atoms in total. The van der Waals surface area contributed by atoms with E-state index in [0.717, 1.165) is 17.8 Å². The maximum absolute atomic E-state index is 4.50. The lowest BCUT2D eigenvalue weighted by molar-refractivity contribution is 0.577. The van der Waals surface area contributed by atoms with E-state index in [1.807, 2.05) is 24.5 Å². The monoisotopic (exact) mass is 317 g/mol. The first kappa shape index (κ1) is 15.0. The van der Waals surface area contributed by atoms with Crippen molar-refractivity contribution in [1.82, 2.24) is 9.55 Å². The van der Waals surface area contributed by atoms with Gasteiger partial charge in [0.25, 0.3) is 0 Å². The quantitative estimate of drug-likeness (QED) is 0.769. The second-order valence-electron chi connectivity index (χ2n) is 6.50. The molecule has 0 saturated carbocycles. The first-order valence-electron chi connectivity index (χ1n) is 8.77. The predicted octanol–water partition coefficient (Wildman–Crippen LogP) is 4.54. The van der Waals surface area contributed by atoms with Crippen molar-refractivity contribution in [2.75, 3.05) is 18.0 Å². The van der Waals surface area contributed by atoms with Crippen molar-refractivity contribution in [3.63, 3.8) is 0 Å². The Bertz CT molecular complexity index is 804. The van der Waals surface area contributed by atoms with Gasteiger partial charge in [-0.2, -0.15) is 0 Å². The summed E-state index contributed by atoms with van der Waals surface area (Å²) in [4.78, 5) is 7.01. The van der Waals surface area contributed by atoms with Crippen LogP contribution >= 0.6 is 0 Å². The molecule has 2 aliphatic rings. The van der Waals surface area contributed by atoms with Crippen LogP contribution in [0.1, 0.15) is 30.7 Å². The molecule has 2 aromatic rings. The molecule has 0 amide bonds. The maximum Gasteiger partial charge on any atom is 0.143 e. The van der Waals surface area contributed by atoms with E-state index in [9.17, 15) is 0 Å². The minimum Gasteiger partial charge on any atom is -0.372 e. The van der Waals surface area contributed by atoms with Crippen LogP contribution in [0, 0.1) is 0 Å². The van der Waals surface area contributed by atoms with Gasteiger partial charge in [-0.15, -0.1) is 0 Å². The van der Waals surface area contributed by atoms with Gasteiger partial charge in [0, 0.05) is 36.7 Å². The summed E-state index contributed by atoms with van der Waals surface area (Å²) in [6.07, 6.45) is 17.1. The van der Waals surface area contributed by atoms with Crippen LogP contribution in [-0.4, -0.2) is 22.6 Å². The highest BCUT2D eigenvalue weighted by molar-refractivity contribution is 5.70. The van der Waals surface area contributed by atoms with Crippen molar-refractivity contribution in [2.45, 2.75) is 25.7 Å². The van der Waals surface area contributed by atoms with Crippen LogP contribution in [0.2, 0.25) is 0 Å². The first-order valence-corrected chi connectivity index (χ1v) is 8.77. The summed E-state index contributed by atoms with van der Waals surface area (Å²) in [6.45, 7) is 6.50. The standard InChI is InChI=1S/C21H23N3/c1-17-8-4-2-5-9-18-16-19(23-13-6-3-7-14-23)10-11-20(18)24-15-12-22-21(17)24/h2,4-5,8,10-12,15-16H,1,3,6-7,9,13-14H2/b5-2-,8-4-. The number of hydrogen-bond acceptors (Lipinski definition) is 2. The molecule has 1 fully saturated rings. The second kappa shape index (κ2) is 6.52. The van der Waals surface area contributed by atoms with Gasteiger partial charge in [0.2, 0.25) is 0 Å². The van der Waals surface area contributed by atoms with Gasteiger partial charge in [-0.05, 0) is 49.4 Å². The number of fused-ring (bicyclic) bond motifs is 3. The number of allylic oxidation sites excluding steroid dienone is 5. The minimum absolute atomic E-state index is 0.911. The molecule has 0 spiro atoms. The van der Waals surface area contributed by atoms with Crippen LogP contribution in [0.3, 0.4) is 0 Å². The Labute approximate surface area is 143 Å². The van der Waals surface area contributed by atoms with Crippen LogP contribution in [0.15, 0.2) is 61.5 Å². The van der Waals surface area contributed by atoms with E-state index >= 15 is 0 Å². The summed E-state index contributed by atoms with van der Waals surface area (Å²) in [5.41, 5.74) is 4.80. The van der Waals surface area contributed by atoms with Crippen molar-refractivity contribution in [3.05, 3.63) is 72.9 Å². The van der Waals surface area contributed by atoms with Crippen LogP contribution in [-0.2, 0) is 6.42 Å². The lowest BCUT2D eigenvalue weighted by Gasteiger charge is -2.29. The number of aromatic nitrogens is 2. The van der Waals surface area contributed by atoms with Crippen molar-refractivity contribution in [2.24, 2.45) is 0 Å². The van der Waals surface area contributed by atoms with Crippen LogP contribution in [0.25, 0.3) is 11.3 Å². The van der Waals surface area contributed by atoms with Gasteiger partial charge >= 0.3 is 0 Å². The Kier molecular flexibility index (Phi) is 4.08. The van der Waals surface area contributed by atoms with Gasteiger partial charge in [0.15, 0.2) is 0 Å². The lowest BCUT2D eigenvalue weighted by Crippen LogP contribution is -2.29. The Morgan fingerprint density at radius 1 is 1.04 bits per heavy atom. The van der Waals surface area contributed by atoms with Gasteiger partial charge in [-0.1, -0.05) is 30.9 Å². The first-order chi connectivity index (χ1) is 11.8. The molecule has 0 aliphatic carbocycles. The van der Waals surface area contributed by atoms with Crippen LogP contribution < -0.4 is 4.90 Å². The molecule has 0 N–H and O–H groups in total. The van der Waals surface area contributed by atoms with Crippen molar-refractivity contribution in [3.8, 4) is 5.69 Å². The average Bonchev–Trinajstić information content (AvgIpc) is 3.11. The summed E-state index contributed by atoms with van der Waals surface area (Å²) in [7, 11) is 0. The topological polar surface area (TPSA) is 21.1 Å². The number of benzene rings is 1. The second-order valence-corrected chi connectivity index (χ2v) is 6.50. The zero-order chi connectivity index (χ0) is 16.4. The molecule has 2 aliphatic heterocycles. The minimum atomic E-state index is 0.911. The third-order valence-corrected chi connectivity index (χ3v) is 4.85. The molecule has 122 valence electrons. The predicted molar refractivity (Wildman–Crippen MR) is 101 cm³/mol. The summed E-state index contributed by atoms with van der Waals surface area (Å²) in [6, 6.07) is 6.84. The summed E-state index contributed by atoms with van der Waals surface area (Å²) in [5, 5.41) is 0. The number of piperidine rings is 1. The average molecular weight is 317 g/mol. The Morgan fingerprint density at radius 2 is 1.92 bits per heavy atom.